The van der Waals surface area contributed by atoms with Crippen LogP contribution in [0.15, 0.2) is 190 Å². The molecule has 0 unspecified atom stereocenters. The average molecular weight is 1440 g/mol. The molecule has 10 aromatic carbocycles. The predicted molar refractivity (Wildman–Crippen MR) is 442 cm³/mol. The maximum absolute atomic E-state index is 6.97. The zero-order valence-corrected chi connectivity index (χ0v) is 64.5. The molecule has 108 heavy (non-hydrogen) atoms. The van der Waals surface area contributed by atoms with Crippen molar-refractivity contribution >= 4 is 47.6 Å². The molecule has 20 rings (SSSR count). The molecule has 0 amide bonds. The highest BCUT2D eigenvalue weighted by atomic mass is 16.5. The van der Waals surface area contributed by atoms with Gasteiger partial charge in [-0.15, -0.1) is 0 Å². The predicted octanol–water partition coefficient (Wildman–Crippen LogP) is 22.7. The first-order chi connectivity index (χ1) is 53.1. The summed E-state index contributed by atoms with van der Waals surface area (Å²) in [4.78, 5) is 21.3. The Morgan fingerprint density at radius 1 is 0.194 bits per heavy atom. The summed E-state index contributed by atoms with van der Waals surface area (Å²) in [7, 11) is 0. The molecule has 0 radical (unpaired) electrons. The zero-order valence-electron chi connectivity index (χ0n) is 64.5. The quantitative estimate of drug-likeness (QED) is 0.0586. The second-order valence-electron chi connectivity index (χ2n) is 28.6. The molecular formula is C96H104N4O8. The molecule has 0 fully saturated rings. The first kappa shape index (κ1) is 75.5. The minimum Gasteiger partial charge on any atom is -0.493 e. The number of hydrogen-bond donors (Lipinski definition) is 0. The molecule has 0 saturated carbocycles. The molecule has 0 aromatic heterocycles. The van der Waals surface area contributed by atoms with Crippen LogP contribution in [0, 0.1) is 0 Å². The summed E-state index contributed by atoms with van der Waals surface area (Å²) in [5.41, 5.74) is 23.8. The Balaban J connectivity index is 1.03. The summed E-state index contributed by atoms with van der Waals surface area (Å²) < 4.78 is 55.7. The summed E-state index contributed by atoms with van der Waals surface area (Å²) in [5, 5.41) is 0. The molecule has 556 valence electrons. The largest absolute Gasteiger partial charge is 0.493 e. The summed E-state index contributed by atoms with van der Waals surface area (Å²) in [5.74, 6) is 6.95. The van der Waals surface area contributed by atoms with Gasteiger partial charge in [0.15, 0.2) is 0 Å². The van der Waals surface area contributed by atoms with Crippen molar-refractivity contribution in [3.8, 4) is 46.0 Å². The van der Waals surface area contributed by atoms with Gasteiger partial charge in [0.1, 0.15) is 46.0 Å². The number of nitrogens with zero attached hydrogens (tertiary/aromatic N) is 4. The highest BCUT2D eigenvalue weighted by Crippen LogP contribution is 2.45. The Hall–Kier alpha value is -10.7. The second kappa shape index (κ2) is 37.2. The second-order valence-corrected chi connectivity index (χ2v) is 28.6. The summed E-state index contributed by atoms with van der Waals surface area (Å²) in [6, 6.07) is 60.8. The maximum Gasteiger partial charge on any atom is 0.126 e. The number of ether oxygens (including phenoxy) is 8. The Labute approximate surface area is 640 Å². The smallest absolute Gasteiger partial charge is 0.126 e. The van der Waals surface area contributed by atoms with E-state index in [4.69, 9.17) is 57.9 Å². The molecule has 12 nitrogen and oxygen atoms in total. The van der Waals surface area contributed by atoms with E-state index < -0.39 is 0 Å². The van der Waals surface area contributed by atoms with Gasteiger partial charge < -0.3 is 37.9 Å². The van der Waals surface area contributed by atoms with Gasteiger partial charge in [-0.05, 0) is 167 Å². The summed E-state index contributed by atoms with van der Waals surface area (Å²) in [6.45, 7) is 21.7. The van der Waals surface area contributed by atoms with Crippen LogP contribution in [0.3, 0.4) is 0 Å². The van der Waals surface area contributed by atoms with E-state index in [1.807, 2.05) is 24.9 Å². The van der Waals surface area contributed by atoms with Crippen molar-refractivity contribution in [1.29, 1.82) is 0 Å². The lowest BCUT2D eigenvalue weighted by atomic mass is 9.90. The molecule has 0 atom stereocenters. The first-order valence-electron chi connectivity index (χ1n) is 39.6. The lowest BCUT2D eigenvalue weighted by Crippen LogP contribution is -2.10. The molecule has 0 saturated heterocycles. The third-order valence-corrected chi connectivity index (χ3v) is 19.6. The van der Waals surface area contributed by atoms with E-state index in [1.165, 1.54) is 0 Å². The molecule has 12 heteroatoms. The van der Waals surface area contributed by atoms with Crippen molar-refractivity contribution < 1.29 is 37.9 Å². The molecule has 0 N–H and O–H groups in total. The fourth-order valence-corrected chi connectivity index (χ4v) is 14.6. The van der Waals surface area contributed by atoms with Crippen LogP contribution in [-0.4, -0.2) is 77.7 Å². The fourth-order valence-electron chi connectivity index (χ4n) is 14.6. The van der Waals surface area contributed by atoms with Crippen LogP contribution in [0.2, 0.25) is 0 Å². The van der Waals surface area contributed by atoms with E-state index in [9.17, 15) is 0 Å². The Kier molecular flexibility index (Phi) is 26.0. The molecule has 8 aliphatic heterocycles. The van der Waals surface area contributed by atoms with Gasteiger partial charge in [0.2, 0.25) is 0 Å². The van der Waals surface area contributed by atoms with Gasteiger partial charge in [0, 0.05) is 121 Å². The average Bonchev–Trinajstić information content (AvgIpc) is 0.782. The zero-order chi connectivity index (χ0) is 74.6. The van der Waals surface area contributed by atoms with Crippen LogP contribution < -0.4 is 37.9 Å². The summed E-state index contributed by atoms with van der Waals surface area (Å²) in [6.07, 6.45) is 19.0. The van der Waals surface area contributed by atoms with Gasteiger partial charge in [-0.1, -0.05) is 177 Å². The van der Waals surface area contributed by atoms with Crippen LogP contribution in [0.4, 0.5) is 22.7 Å². The van der Waals surface area contributed by atoms with Gasteiger partial charge in [0.25, 0.3) is 0 Å². The van der Waals surface area contributed by atoms with Crippen molar-refractivity contribution in [3.05, 3.63) is 281 Å². The fraction of sp³-hybridized carbons (Fsp3) is 0.333. The van der Waals surface area contributed by atoms with Crippen molar-refractivity contribution in [1.82, 2.24) is 0 Å². The monoisotopic (exact) mass is 1440 g/mol. The number of para-hydroxylation sites is 4. The Morgan fingerprint density at radius 2 is 0.333 bits per heavy atom. The third-order valence-electron chi connectivity index (χ3n) is 19.6. The van der Waals surface area contributed by atoms with E-state index in [0.717, 1.165) is 231 Å². The minimum absolute atomic E-state index is 0.541. The molecule has 24 bridgehead atoms. The number of aliphatic imine (C=N–C) groups is 4. The van der Waals surface area contributed by atoms with Gasteiger partial charge >= 0.3 is 0 Å². The Bertz CT molecular complexity index is 4080. The van der Waals surface area contributed by atoms with Gasteiger partial charge in [-0.3, -0.25) is 20.0 Å². The van der Waals surface area contributed by atoms with Crippen LogP contribution in [0.1, 0.15) is 218 Å². The molecule has 0 spiro atoms. The van der Waals surface area contributed by atoms with E-state index >= 15 is 0 Å². The SMILES string of the molecule is CCCOc1c2cccc1Cc1cc3cc(c1OCCC)Cc1cccc(c1OCCC)Cc1cc(cc(c1OCCC)C2)N=Cc1ccc(cc1)C=Nc1cc2c(OCCC)c(c1)Cc1cccc(c1OCCC)Cc1cc(cc(c1OCCC)Cc1cccc(c1OCCC)C2)N=Cc1ccc(cc1)C=N3. The van der Waals surface area contributed by atoms with Crippen molar-refractivity contribution in [2.75, 3.05) is 52.9 Å². The van der Waals surface area contributed by atoms with E-state index in [0.29, 0.717) is 104 Å². The third kappa shape index (κ3) is 18.6. The minimum atomic E-state index is 0.541. The number of benzene rings is 10. The van der Waals surface area contributed by atoms with Crippen molar-refractivity contribution in [2.45, 2.75) is 158 Å². The van der Waals surface area contributed by atoms with Gasteiger partial charge in [-0.2, -0.15) is 0 Å². The van der Waals surface area contributed by atoms with Crippen molar-refractivity contribution in [3.63, 3.8) is 0 Å². The van der Waals surface area contributed by atoms with Crippen LogP contribution in [0.5, 0.6) is 46.0 Å². The van der Waals surface area contributed by atoms with Gasteiger partial charge in [0.05, 0.1) is 75.6 Å². The summed E-state index contributed by atoms with van der Waals surface area (Å²) >= 11 is 0. The Morgan fingerprint density at radius 3 is 0.472 bits per heavy atom. The maximum atomic E-state index is 6.97. The molecular weight excluding hydrogens is 1340 g/mol. The normalized spacial score (nSPS) is 13.0. The van der Waals surface area contributed by atoms with E-state index in [2.05, 4.69) is 225 Å². The molecule has 10 aliphatic rings. The number of rotatable bonds is 24. The van der Waals surface area contributed by atoms with Crippen LogP contribution >= 0.6 is 0 Å². The number of hydrogen-bond acceptors (Lipinski definition) is 12. The lowest BCUT2D eigenvalue weighted by Gasteiger charge is -2.23. The van der Waals surface area contributed by atoms with Gasteiger partial charge in [-0.25, -0.2) is 0 Å². The van der Waals surface area contributed by atoms with Crippen LogP contribution in [-0.2, 0) is 51.4 Å². The standard InChI is InChI=1S/C96H104N4O8/c1-9-37-101-89-69-21-17-22-70(89)46-78-54-86-56-80(94(78)106-42-14-6)48-72-24-18-23-71(90(72)102-38-10-2)47-79-55-85(53-77(45-69)93(79)105-41-13-5)97-61-65-29-33-67(34-30-65)63-99-87-57-81-49-73-25-19-26-74(91(73)103-39-11-3)50-82-58-88(100-64-68-35-31-66(32-36-68)62-98-86)60-84(96(82)108-44-16-8)52-76-28-20-27-75(92(76)104-40-12-4)51-83(59-87)95(81)107-43-15-7/h17-36,53-64H,9-16,37-52H2,1-8H3. The highest BCUT2D eigenvalue weighted by molar-refractivity contribution is 5.88. The first-order valence-corrected chi connectivity index (χ1v) is 39.6. The molecule has 10 aromatic rings. The van der Waals surface area contributed by atoms with Crippen molar-refractivity contribution in [2.24, 2.45) is 20.0 Å². The molecule has 2 aliphatic carbocycles. The van der Waals surface area contributed by atoms with Crippen LogP contribution in [0.25, 0.3) is 0 Å². The topological polar surface area (TPSA) is 123 Å². The molecule has 8 heterocycles. The lowest BCUT2D eigenvalue weighted by molar-refractivity contribution is 0.304. The van der Waals surface area contributed by atoms with E-state index in [1.54, 1.807) is 0 Å². The highest BCUT2D eigenvalue weighted by Gasteiger charge is 2.27. The van der Waals surface area contributed by atoms with E-state index in [-0.39, 0.29) is 0 Å².